The molecule has 7 heteroatoms. The molecule has 6 nitrogen and oxygen atoms in total. The van der Waals surface area contributed by atoms with Crippen molar-refractivity contribution >= 4 is 34.6 Å². The molecule has 0 bridgehead atoms. The summed E-state index contributed by atoms with van der Waals surface area (Å²) >= 11 is 6.16. The van der Waals surface area contributed by atoms with Crippen molar-refractivity contribution in [1.29, 1.82) is 0 Å². The Hall–Kier alpha value is -3.25. The highest BCUT2D eigenvalue weighted by molar-refractivity contribution is 6.31. The van der Waals surface area contributed by atoms with E-state index < -0.39 is 0 Å². The summed E-state index contributed by atoms with van der Waals surface area (Å²) in [5.41, 5.74) is 3.35. The fourth-order valence-corrected chi connectivity index (χ4v) is 2.81. The van der Waals surface area contributed by atoms with Crippen LogP contribution >= 0.6 is 11.6 Å². The Morgan fingerprint density at radius 3 is 2.61 bits per heavy atom. The van der Waals surface area contributed by atoms with Crippen LogP contribution < -0.4 is 20.1 Å². The molecule has 0 aliphatic carbocycles. The summed E-state index contributed by atoms with van der Waals surface area (Å²) in [7, 11) is 3.10. The van der Waals surface area contributed by atoms with Crippen LogP contribution in [0.2, 0.25) is 5.02 Å². The number of nitrogens with zero attached hydrogens (tertiary/aromatic N) is 1. The van der Waals surface area contributed by atoms with Crippen molar-refractivity contribution in [3.63, 3.8) is 0 Å². The molecule has 1 heterocycles. The summed E-state index contributed by atoms with van der Waals surface area (Å²) in [6.45, 7) is 1.92. The maximum atomic E-state index is 12.7. The molecular weight excluding hydrogens is 378 g/mol. The number of pyridine rings is 1. The lowest BCUT2D eigenvalue weighted by atomic mass is 10.2. The van der Waals surface area contributed by atoms with Crippen molar-refractivity contribution in [3.05, 3.63) is 71.0 Å². The van der Waals surface area contributed by atoms with Crippen LogP contribution in [0, 0.1) is 6.92 Å². The Labute approximate surface area is 168 Å². The molecule has 2 N–H and O–H groups in total. The third kappa shape index (κ3) is 4.35. The van der Waals surface area contributed by atoms with Gasteiger partial charge in [0.05, 0.1) is 37.4 Å². The fourth-order valence-electron chi connectivity index (χ4n) is 2.64. The molecule has 3 aromatic rings. The number of benzene rings is 2. The Bertz CT molecular complexity index is 1010. The van der Waals surface area contributed by atoms with E-state index in [9.17, 15) is 4.79 Å². The van der Waals surface area contributed by atoms with E-state index in [-0.39, 0.29) is 5.91 Å². The molecule has 0 aliphatic rings. The third-order valence-electron chi connectivity index (χ3n) is 4.20. The minimum absolute atomic E-state index is 0.314. The maximum absolute atomic E-state index is 12.7. The molecule has 144 valence electrons. The number of halogens is 1. The zero-order valence-corrected chi connectivity index (χ0v) is 16.5. The first-order valence-electron chi connectivity index (χ1n) is 8.52. The highest BCUT2D eigenvalue weighted by Crippen LogP contribution is 2.30. The first-order chi connectivity index (χ1) is 13.5. The second kappa shape index (κ2) is 8.63. The number of amides is 1. The van der Waals surface area contributed by atoms with E-state index in [2.05, 4.69) is 15.6 Å². The molecule has 0 spiro atoms. The summed E-state index contributed by atoms with van der Waals surface area (Å²) in [6.07, 6.45) is 3.14. The van der Waals surface area contributed by atoms with Gasteiger partial charge in [-0.3, -0.25) is 9.78 Å². The predicted octanol–water partition coefficient (Wildman–Crippen LogP) is 5.06. The average molecular weight is 398 g/mol. The molecule has 0 radical (unpaired) electrons. The number of anilines is 3. The molecule has 2 aromatic carbocycles. The van der Waals surface area contributed by atoms with Crippen LogP contribution in [0.1, 0.15) is 15.9 Å². The number of carbonyl (C=O) groups is 1. The lowest BCUT2D eigenvalue weighted by molar-refractivity contribution is 0.102. The number of hydrogen-bond acceptors (Lipinski definition) is 5. The summed E-state index contributed by atoms with van der Waals surface area (Å²) < 4.78 is 10.5. The molecule has 0 unspecified atom stereocenters. The normalized spacial score (nSPS) is 10.3. The van der Waals surface area contributed by atoms with Gasteiger partial charge >= 0.3 is 0 Å². The van der Waals surface area contributed by atoms with E-state index in [4.69, 9.17) is 21.1 Å². The largest absolute Gasteiger partial charge is 0.497 e. The summed E-state index contributed by atoms with van der Waals surface area (Å²) in [5, 5.41) is 6.74. The highest BCUT2D eigenvalue weighted by atomic mass is 35.5. The predicted molar refractivity (Wildman–Crippen MR) is 111 cm³/mol. The lowest BCUT2D eigenvalue weighted by Gasteiger charge is -2.13. The van der Waals surface area contributed by atoms with Gasteiger partial charge in [-0.05, 0) is 42.8 Å². The summed E-state index contributed by atoms with van der Waals surface area (Å²) in [6, 6.07) is 12.5. The van der Waals surface area contributed by atoms with Gasteiger partial charge in [-0.2, -0.15) is 0 Å². The Morgan fingerprint density at radius 2 is 1.86 bits per heavy atom. The van der Waals surface area contributed by atoms with E-state index in [0.29, 0.717) is 33.5 Å². The third-order valence-corrected chi connectivity index (χ3v) is 4.61. The molecule has 28 heavy (non-hydrogen) atoms. The van der Waals surface area contributed by atoms with Crippen LogP contribution in [0.5, 0.6) is 11.5 Å². The van der Waals surface area contributed by atoms with Gasteiger partial charge in [0.1, 0.15) is 11.5 Å². The Balaban J connectivity index is 1.82. The standard InChI is InChI=1S/C21H20ClN3O3/c1-13-17(22)5-4-6-18(13)24-15-9-14(11-23-12-15)21(26)25-19-10-16(27-2)7-8-20(19)28-3/h4-12,24H,1-3H3,(H,25,26). The monoisotopic (exact) mass is 397 g/mol. The molecule has 0 aliphatic heterocycles. The van der Waals surface area contributed by atoms with Crippen LogP contribution in [0.4, 0.5) is 17.1 Å². The van der Waals surface area contributed by atoms with Crippen LogP contribution in [0.15, 0.2) is 54.9 Å². The number of methoxy groups -OCH3 is 2. The van der Waals surface area contributed by atoms with Gasteiger partial charge in [0.15, 0.2) is 0 Å². The second-order valence-corrected chi connectivity index (χ2v) is 6.43. The zero-order chi connectivity index (χ0) is 20.1. The minimum atomic E-state index is -0.314. The highest BCUT2D eigenvalue weighted by Gasteiger charge is 2.12. The van der Waals surface area contributed by atoms with Crippen molar-refractivity contribution in [3.8, 4) is 11.5 Å². The Morgan fingerprint density at radius 1 is 1.04 bits per heavy atom. The van der Waals surface area contributed by atoms with Crippen molar-refractivity contribution in [2.75, 3.05) is 24.9 Å². The van der Waals surface area contributed by atoms with Crippen molar-refractivity contribution in [2.24, 2.45) is 0 Å². The van der Waals surface area contributed by atoms with Crippen LogP contribution in [-0.4, -0.2) is 25.1 Å². The number of hydrogen-bond donors (Lipinski definition) is 2. The zero-order valence-electron chi connectivity index (χ0n) is 15.7. The smallest absolute Gasteiger partial charge is 0.257 e. The lowest BCUT2D eigenvalue weighted by Crippen LogP contribution is -2.13. The molecule has 1 aromatic heterocycles. The van der Waals surface area contributed by atoms with Gasteiger partial charge in [0, 0.05) is 23.0 Å². The number of carbonyl (C=O) groups excluding carboxylic acids is 1. The van der Waals surface area contributed by atoms with E-state index in [1.54, 1.807) is 37.6 Å². The van der Waals surface area contributed by atoms with Crippen molar-refractivity contribution < 1.29 is 14.3 Å². The minimum Gasteiger partial charge on any atom is -0.497 e. The van der Waals surface area contributed by atoms with Gasteiger partial charge in [-0.1, -0.05) is 17.7 Å². The quantitative estimate of drug-likeness (QED) is 0.608. The topological polar surface area (TPSA) is 72.5 Å². The van der Waals surface area contributed by atoms with Gasteiger partial charge in [-0.25, -0.2) is 0 Å². The van der Waals surface area contributed by atoms with E-state index in [1.807, 2.05) is 25.1 Å². The first-order valence-corrected chi connectivity index (χ1v) is 8.90. The SMILES string of the molecule is COc1ccc(OC)c(NC(=O)c2cncc(Nc3cccc(Cl)c3C)c2)c1. The van der Waals surface area contributed by atoms with Crippen LogP contribution in [0.25, 0.3) is 0 Å². The van der Waals surface area contributed by atoms with Gasteiger partial charge in [0.2, 0.25) is 0 Å². The molecule has 0 fully saturated rings. The molecular formula is C21H20ClN3O3. The van der Waals surface area contributed by atoms with E-state index in [1.165, 1.54) is 13.3 Å². The number of rotatable bonds is 6. The van der Waals surface area contributed by atoms with Gasteiger partial charge in [-0.15, -0.1) is 0 Å². The van der Waals surface area contributed by atoms with Crippen LogP contribution in [0.3, 0.4) is 0 Å². The van der Waals surface area contributed by atoms with E-state index in [0.717, 1.165) is 11.3 Å². The number of ether oxygens (including phenoxy) is 2. The maximum Gasteiger partial charge on any atom is 0.257 e. The summed E-state index contributed by atoms with van der Waals surface area (Å²) in [5.74, 6) is 0.831. The Kier molecular flexibility index (Phi) is 6.01. The molecule has 0 atom stereocenters. The second-order valence-electron chi connectivity index (χ2n) is 6.02. The number of aromatic nitrogens is 1. The average Bonchev–Trinajstić information content (AvgIpc) is 2.71. The fraction of sp³-hybridized carbons (Fsp3) is 0.143. The van der Waals surface area contributed by atoms with Gasteiger partial charge < -0.3 is 20.1 Å². The first kappa shape index (κ1) is 19.5. The number of nitrogens with one attached hydrogen (secondary N) is 2. The molecule has 3 rings (SSSR count). The molecule has 0 saturated carbocycles. The van der Waals surface area contributed by atoms with Crippen LogP contribution in [-0.2, 0) is 0 Å². The molecule has 1 amide bonds. The summed E-state index contributed by atoms with van der Waals surface area (Å²) in [4.78, 5) is 16.9. The molecule has 0 saturated heterocycles. The van der Waals surface area contributed by atoms with Gasteiger partial charge in [0.25, 0.3) is 5.91 Å². The van der Waals surface area contributed by atoms with E-state index >= 15 is 0 Å². The van der Waals surface area contributed by atoms with Crippen molar-refractivity contribution in [1.82, 2.24) is 4.98 Å². The van der Waals surface area contributed by atoms with Crippen molar-refractivity contribution in [2.45, 2.75) is 6.92 Å².